The minimum atomic E-state index is -5.24. The van der Waals surface area contributed by atoms with E-state index in [2.05, 4.69) is 5.32 Å². The second kappa shape index (κ2) is 8.05. The quantitative estimate of drug-likeness (QED) is 0.614. The van der Waals surface area contributed by atoms with Crippen molar-refractivity contribution in [3.63, 3.8) is 0 Å². The Hall–Kier alpha value is -3.19. The van der Waals surface area contributed by atoms with Crippen LogP contribution >= 0.6 is 0 Å². The van der Waals surface area contributed by atoms with Gasteiger partial charge in [0.25, 0.3) is 11.5 Å². The Kier molecular flexibility index (Phi) is 5.70. The molecule has 0 heterocycles. The van der Waals surface area contributed by atoms with Crippen LogP contribution in [-0.4, -0.2) is 17.2 Å². The molecule has 150 valence electrons. The largest absolute Gasteiger partial charge is 0.430 e. The first-order valence-electron chi connectivity index (χ1n) is 8.69. The summed E-state index contributed by atoms with van der Waals surface area (Å²) in [7, 11) is 0. The van der Waals surface area contributed by atoms with Crippen LogP contribution in [0.1, 0.15) is 11.1 Å². The van der Waals surface area contributed by atoms with Crippen LogP contribution in [0.4, 0.5) is 17.6 Å². The molecule has 1 unspecified atom stereocenters. The van der Waals surface area contributed by atoms with Gasteiger partial charge in [0.2, 0.25) is 0 Å². The van der Waals surface area contributed by atoms with E-state index < -0.39 is 29.1 Å². The van der Waals surface area contributed by atoms with Crippen LogP contribution in [0.3, 0.4) is 0 Å². The van der Waals surface area contributed by atoms with Crippen LogP contribution in [0, 0.1) is 5.82 Å². The molecule has 0 saturated carbocycles. The summed E-state index contributed by atoms with van der Waals surface area (Å²) in [4.78, 5) is 12.4. The lowest BCUT2D eigenvalue weighted by Gasteiger charge is -2.29. The average Bonchev–Trinajstić information content (AvgIpc) is 2.72. The summed E-state index contributed by atoms with van der Waals surface area (Å²) >= 11 is 0. The Morgan fingerprint density at radius 2 is 1.38 bits per heavy atom. The van der Waals surface area contributed by atoms with E-state index >= 15 is 0 Å². The predicted octanol–water partition coefficient (Wildman–Crippen LogP) is 4.56. The van der Waals surface area contributed by atoms with Crippen molar-refractivity contribution in [1.82, 2.24) is 5.32 Å². The molecule has 0 aromatic heterocycles. The summed E-state index contributed by atoms with van der Waals surface area (Å²) in [6.07, 6.45) is -5.24. The molecule has 0 bridgehead atoms. The molecule has 0 aliphatic rings. The van der Waals surface area contributed by atoms with Gasteiger partial charge in [0.05, 0.1) is 0 Å². The second-order valence-corrected chi connectivity index (χ2v) is 6.46. The highest BCUT2D eigenvalue weighted by Crippen LogP contribution is 2.40. The maximum atomic E-state index is 13.7. The number of amides is 1. The van der Waals surface area contributed by atoms with Gasteiger partial charge in [-0.1, -0.05) is 66.7 Å². The summed E-state index contributed by atoms with van der Waals surface area (Å²) in [6, 6.07) is 18.9. The number of rotatable bonds is 5. The number of hydrogen-bond donors (Lipinski definition) is 2. The third-order valence-corrected chi connectivity index (χ3v) is 4.51. The molecule has 0 fully saturated rings. The molecule has 3 aromatic carbocycles. The zero-order valence-electron chi connectivity index (χ0n) is 15.1. The molecule has 3 rings (SSSR count). The molecule has 7 heteroatoms. The van der Waals surface area contributed by atoms with Gasteiger partial charge >= 0.3 is 6.18 Å². The molecule has 0 aliphatic carbocycles. The van der Waals surface area contributed by atoms with Crippen molar-refractivity contribution in [2.75, 3.05) is 0 Å². The van der Waals surface area contributed by atoms with Crippen molar-refractivity contribution in [1.29, 1.82) is 0 Å². The molecule has 0 spiro atoms. The number of hydrogen-bond acceptors (Lipinski definition) is 2. The summed E-state index contributed by atoms with van der Waals surface area (Å²) in [6.45, 7) is -0.292. The first-order chi connectivity index (χ1) is 13.7. The normalized spacial score (nSPS) is 13.6. The molecule has 3 nitrogen and oxygen atoms in total. The summed E-state index contributed by atoms with van der Waals surface area (Å²) in [5.41, 5.74) is -2.49. The lowest BCUT2D eigenvalue weighted by molar-refractivity contribution is -0.257. The highest BCUT2D eigenvalue weighted by molar-refractivity contribution is 5.87. The molecule has 2 N–H and O–H groups in total. The molecule has 0 radical (unpaired) electrons. The minimum Gasteiger partial charge on any atom is -0.369 e. The highest BCUT2D eigenvalue weighted by Gasteiger charge is 2.60. The maximum Gasteiger partial charge on any atom is 0.430 e. The first-order valence-corrected chi connectivity index (χ1v) is 8.69. The fourth-order valence-electron chi connectivity index (χ4n) is 2.87. The molecule has 1 amide bonds. The zero-order chi connectivity index (χ0) is 21.1. The topological polar surface area (TPSA) is 49.3 Å². The predicted molar refractivity (Wildman–Crippen MR) is 100 cm³/mol. The van der Waals surface area contributed by atoms with Crippen molar-refractivity contribution in [3.8, 4) is 11.1 Å². The van der Waals surface area contributed by atoms with Gasteiger partial charge in [0.15, 0.2) is 0 Å². The van der Waals surface area contributed by atoms with Crippen molar-refractivity contribution in [2.45, 2.75) is 18.3 Å². The van der Waals surface area contributed by atoms with Crippen molar-refractivity contribution >= 4 is 5.91 Å². The molecule has 0 aliphatic heterocycles. The third-order valence-electron chi connectivity index (χ3n) is 4.51. The fraction of sp³-hybridized carbons (Fsp3) is 0.136. The van der Waals surface area contributed by atoms with Gasteiger partial charge < -0.3 is 10.4 Å². The van der Waals surface area contributed by atoms with E-state index in [1.807, 2.05) is 6.07 Å². The zero-order valence-corrected chi connectivity index (χ0v) is 15.1. The second-order valence-electron chi connectivity index (χ2n) is 6.46. The first kappa shape index (κ1) is 20.5. The van der Waals surface area contributed by atoms with Gasteiger partial charge in [0, 0.05) is 12.1 Å². The number of aliphatic hydroxyl groups is 1. The van der Waals surface area contributed by atoms with Gasteiger partial charge in [0.1, 0.15) is 5.82 Å². The average molecular weight is 403 g/mol. The molecule has 29 heavy (non-hydrogen) atoms. The van der Waals surface area contributed by atoms with Crippen molar-refractivity contribution < 1.29 is 27.5 Å². The molecular weight excluding hydrogens is 386 g/mol. The van der Waals surface area contributed by atoms with E-state index in [4.69, 9.17) is 0 Å². The molecule has 1 atom stereocenters. The van der Waals surface area contributed by atoms with E-state index in [0.29, 0.717) is 11.1 Å². The van der Waals surface area contributed by atoms with E-state index in [0.717, 1.165) is 29.8 Å². The van der Waals surface area contributed by atoms with Crippen LogP contribution in [-0.2, 0) is 16.9 Å². The van der Waals surface area contributed by atoms with Crippen molar-refractivity contribution in [2.24, 2.45) is 0 Å². The van der Waals surface area contributed by atoms with E-state index in [1.165, 1.54) is 24.3 Å². The summed E-state index contributed by atoms with van der Waals surface area (Å²) in [5.74, 6) is -2.12. The van der Waals surface area contributed by atoms with E-state index in [1.54, 1.807) is 24.3 Å². The maximum absolute atomic E-state index is 13.7. The summed E-state index contributed by atoms with van der Waals surface area (Å²) < 4.78 is 54.0. The number of benzene rings is 3. The summed E-state index contributed by atoms with van der Waals surface area (Å²) in [5, 5.41) is 12.5. The number of carbonyl (C=O) groups excluding carboxylic acids is 1. The molecule has 3 aromatic rings. The third kappa shape index (κ3) is 4.30. The minimum absolute atomic E-state index is 0.292. The van der Waals surface area contributed by atoms with Gasteiger partial charge in [-0.05, 0) is 28.8 Å². The van der Waals surface area contributed by atoms with Crippen LogP contribution in [0.25, 0.3) is 11.1 Å². The van der Waals surface area contributed by atoms with Crippen LogP contribution in [0.2, 0.25) is 0 Å². The Bertz CT molecular complexity index is 970. The smallest absolute Gasteiger partial charge is 0.369 e. The lowest BCUT2D eigenvalue weighted by atomic mass is 9.90. The van der Waals surface area contributed by atoms with Gasteiger partial charge in [-0.3, -0.25) is 4.79 Å². The Balaban J connectivity index is 1.86. The number of halogens is 4. The lowest BCUT2D eigenvalue weighted by Crippen LogP contribution is -2.54. The molecule has 0 saturated heterocycles. The Morgan fingerprint density at radius 3 is 1.93 bits per heavy atom. The molecular formula is C22H17F4NO2. The Labute approximate surface area is 164 Å². The highest BCUT2D eigenvalue weighted by atomic mass is 19.4. The monoisotopic (exact) mass is 403 g/mol. The van der Waals surface area contributed by atoms with Gasteiger partial charge in [-0.15, -0.1) is 0 Å². The van der Waals surface area contributed by atoms with Gasteiger partial charge in [-0.2, -0.15) is 13.2 Å². The number of nitrogens with one attached hydrogen (secondary N) is 1. The van der Waals surface area contributed by atoms with Crippen LogP contribution < -0.4 is 5.32 Å². The van der Waals surface area contributed by atoms with E-state index in [-0.39, 0.29) is 6.54 Å². The van der Waals surface area contributed by atoms with Crippen LogP contribution in [0.5, 0.6) is 0 Å². The van der Waals surface area contributed by atoms with E-state index in [9.17, 15) is 27.5 Å². The Morgan fingerprint density at radius 1 is 0.828 bits per heavy atom. The van der Waals surface area contributed by atoms with Gasteiger partial charge in [-0.25, -0.2) is 4.39 Å². The standard InChI is InChI=1S/C22H17F4NO2/c23-19-12-6-15(7-13-19)14-27-20(28)21(29,22(24,25)26)18-10-8-17(9-11-18)16-4-2-1-3-5-16/h1-13,29H,14H2,(H,27,28). The number of alkyl halides is 3. The fourth-order valence-corrected chi connectivity index (χ4v) is 2.87. The van der Waals surface area contributed by atoms with Crippen LogP contribution in [0.15, 0.2) is 78.9 Å². The SMILES string of the molecule is O=C(NCc1ccc(F)cc1)C(O)(c1ccc(-c2ccccc2)cc1)C(F)(F)F. The van der Waals surface area contributed by atoms with Crippen molar-refractivity contribution in [3.05, 3.63) is 95.8 Å². The number of carbonyl (C=O) groups is 1.